The summed E-state index contributed by atoms with van der Waals surface area (Å²) in [5, 5.41) is 17.9. The summed E-state index contributed by atoms with van der Waals surface area (Å²) < 4.78 is 0. The minimum atomic E-state index is 0. The van der Waals surface area contributed by atoms with Gasteiger partial charge in [0.1, 0.15) is 0 Å². The largest absolute Gasteiger partial charge is 2.00 e. The monoisotopic (exact) mass is 626 g/mol. The Kier molecular flexibility index (Phi) is 22.7. The number of allylic oxidation sites excluding steroid dienone is 4. The molecule has 0 aromatic heterocycles. The van der Waals surface area contributed by atoms with Crippen LogP contribution in [0.1, 0.15) is 32.3 Å². The van der Waals surface area contributed by atoms with Gasteiger partial charge in [0.2, 0.25) is 0 Å². The number of hydrogen-bond acceptors (Lipinski definition) is 0. The molecule has 0 unspecified atom stereocenters. The molecule has 0 saturated heterocycles. The van der Waals surface area contributed by atoms with E-state index in [4.69, 9.17) is 10.8 Å². The van der Waals surface area contributed by atoms with E-state index in [1.54, 1.807) is 19.9 Å². The Morgan fingerprint density at radius 1 is 1.05 bits per heavy atom. The maximum Gasteiger partial charge on any atom is 2.00 e. The van der Waals surface area contributed by atoms with Crippen molar-refractivity contribution in [3.05, 3.63) is 70.5 Å². The van der Waals surface area contributed by atoms with Gasteiger partial charge in [0, 0.05) is 16.8 Å². The predicted octanol–water partition coefficient (Wildman–Crippen LogP) is 3.19. The summed E-state index contributed by atoms with van der Waals surface area (Å²) in [4.78, 5) is 0. The Labute approximate surface area is 166 Å². The normalized spacial score (nSPS) is 10.7. The van der Waals surface area contributed by atoms with Crippen LogP contribution < -0.4 is 0 Å². The van der Waals surface area contributed by atoms with Crippen molar-refractivity contribution in [2.45, 2.75) is 26.7 Å². The average Bonchev–Trinajstić information content (AvgIpc) is 2.41. The molecule has 0 bridgehead atoms. The second-order valence-corrected chi connectivity index (χ2v) is 3.98. The van der Waals surface area contributed by atoms with Gasteiger partial charge in [-0.15, -0.1) is 43.3 Å². The zero-order valence-corrected chi connectivity index (χ0v) is 18.6. The molecule has 2 rings (SSSR count). The van der Waals surface area contributed by atoms with E-state index in [2.05, 4.69) is 12.1 Å². The van der Waals surface area contributed by atoms with Crippen LogP contribution >= 0.6 is 0 Å². The standard InChI is InChI=1S/C8H9N.C8H7N.2B.2W/c2*1-7(9)8-5-3-2-4-6-8;;;;/h3,5H,2,4H2,1H3;2-5H,1H3;;;;/q2*-2;;;2*+2. The van der Waals surface area contributed by atoms with Crippen LogP contribution in [0.15, 0.2) is 42.0 Å². The maximum absolute atomic E-state index is 8.94. The minimum absolute atomic E-state index is 0. The van der Waals surface area contributed by atoms with Gasteiger partial charge < -0.3 is 10.8 Å². The van der Waals surface area contributed by atoms with Crippen LogP contribution in [0, 0.1) is 12.1 Å². The molecule has 0 atom stereocenters. The third-order valence-electron chi connectivity index (χ3n) is 2.40. The van der Waals surface area contributed by atoms with Gasteiger partial charge in [0.05, 0.1) is 0 Å². The van der Waals surface area contributed by atoms with Crippen LogP contribution in [0.2, 0.25) is 0 Å². The van der Waals surface area contributed by atoms with Gasteiger partial charge in [-0.3, -0.25) is 11.4 Å². The average molecular weight is 626 g/mol. The molecule has 6 radical (unpaired) electrons. The summed E-state index contributed by atoms with van der Waals surface area (Å²) in [6, 6.07) is 10.2. The molecule has 6 heteroatoms. The molecular weight excluding hydrogens is 609 g/mol. The van der Waals surface area contributed by atoms with E-state index in [-0.39, 0.29) is 59.0 Å². The molecule has 0 fully saturated rings. The maximum atomic E-state index is 8.94. The van der Waals surface area contributed by atoms with Crippen LogP contribution in [-0.4, -0.2) is 28.2 Å². The van der Waals surface area contributed by atoms with Gasteiger partial charge in [-0.1, -0.05) is 19.8 Å². The van der Waals surface area contributed by atoms with Crippen LogP contribution in [0.5, 0.6) is 0 Å². The first-order chi connectivity index (χ1) is 8.61. The molecular formula is C16H16B2N2W2. The van der Waals surface area contributed by atoms with E-state index in [1.165, 1.54) is 0 Å². The molecule has 0 spiro atoms. The Bertz CT molecular complexity index is 486. The second-order valence-electron chi connectivity index (χ2n) is 3.98. The van der Waals surface area contributed by atoms with Crippen LogP contribution in [0.25, 0.3) is 10.8 Å². The van der Waals surface area contributed by atoms with Gasteiger partial charge in [-0.2, -0.15) is 11.6 Å². The third-order valence-corrected chi connectivity index (χ3v) is 2.40. The van der Waals surface area contributed by atoms with Crippen molar-refractivity contribution in [1.29, 1.82) is 0 Å². The number of nitrogens with zero attached hydrogens (tertiary/aromatic N) is 2. The van der Waals surface area contributed by atoms with Gasteiger partial charge in [0.25, 0.3) is 0 Å². The van der Waals surface area contributed by atoms with Crippen molar-refractivity contribution in [2.24, 2.45) is 0 Å². The number of rotatable bonds is 2. The fourth-order valence-corrected chi connectivity index (χ4v) is 1.42. The first kappa shape index (κ1) is 29.5. The van der Waals surface area contributed by atoms with Crippen molar-refractivity contribution < 1.29 is 42.1 Å². The Balaban J connectivity index is -0.000000125. The SMILES string of the molecule is CC(=[N-])C1=[C-]CCC=C1.CC(=[N-])c1[c-]cccc1.[B].[B].[W+2].[W+2]. The number of benzene rings is 1. The molecule has 108 valence electrons. The van der Waals surface area contributed by atoms with Crippen LogP contribution in [0.4, 0.5) is 0 Å². The van der Waals surface area contributed by atoms with Gasteiger partial charge in [-0.25, -0.2) is 11.6 Å². The topological polar surface area (TPSA) is 44.6 Å². The van der Waals surface area contributed by atoms with Crippen molar-refractivity contribution in [3.8, 4) is 0 Å². The van der Waals surface area contributed by atoms with Crippen molar-refractivity contribution in [3.63, 3.8) is 0 Å². The van der Waals surface area contributed by atoms with E-state index in [1.807, 2.05) is 30.4 Å². The zero-order valence-electron chi connectivity index (χ0n) is 12.7. The molecule has 0 heterocycles. The fourth-order valence-electron chi connectivity index (χ4n) is 1.42. The van der Waals surface area contributed by atoms with Crippen molar-refractivity contribution >= 4 is 28.2 Å². The van der Waals surface area contributed by atoms with Gasteiger partial charge >= 0.3 is 42.1 Å². The smallest absolute Gasteiger partial charge is 0.876 e. The van der Waals surface area contributed by atoms with Crippen molar-refractivity contribution in [1.82, 2.24) is 0 Å². The Hall–Kier alpha value is -0.454. The van der Waals surface area contributed by atoms with E-state index in [0.29, 0.717) is 11.4 Å². The fraction of sp³-hybridized carbons (Fsp3) is 0.250. The number of hydrogen-bond donors (Lipinski definition) is 0. The summed E-state index contributed by atoms with van der Waals surface area (Å²) >= 11 is 0. The van der Waals surface area contributed by atoms with E-state index in [9.17, 15) is 0 Å². The molecule has 0 aliphatic heterocycles. The van der Waals surface area contributed by atoms with E-state index in [0.717, 1.165) is 24.0 Å². The molecule has 0 N–H and O–H groups in total. The first-order valence-corrected chi connectivity index (χ1v) is 5.91. The molecule has 1 aromatic rings. The molecule has 1 aromatic carbocycles. The summed E-state index contributed by atoms with van der Waals surface area (Å²) in [6.07, 6.45) is 9.00. The van der Waals surface area contributed by atoms with Crippen molar-refractivity contribution in [2.75, 3.05) is 0 Å². The summed E-state index contributed by atoms with van der Waals surface area (Å²) in [5.41, 5.74) is 2.29. The zero-order chi connectivity index (χ0) is 13.4. The summed E-state index contributed by atoms with van der Waals surface area (Å²) in [6.45, 7) is 3.32. The molecule has 0 amide bonds. The summed E-state index contributed by atoms with van der Waals surface area (Å²) in [7, 11) is 0. The quantitative estimate of drug-likeness (QED) is 0.276. The third kappa shape index (κ3) is 12.1. The minimum Gasteiger partial charge on any atom is -0.876 e. The molecule has 1 aliphatic carbocycles. The van der Waals surface area contributed by atoms with Gasteiger partial charge in [0.15, 0.2) is 0 Å². The predicted molar refractivity (Wildman–Crippen MR) is 89.1 cm³/mol. The second kappa shape index (κ2) is 16.9. The first-order valence-electron chi connectivity index (χ1n) is 5.91. The van der Waals surface area contributed by atoms with Crippen LogP contribution in [-0.2, 0) is 42.1 Å². The summed E-state index contributed by atoms with van der Waals surface area (Å²) in [5.74, 6) is 0. The molecule has 2 nitrogen and oxygen atoms in total. The Morgan fingerprint density at radius 2 is 1.68 bits per heavy atom. The molecule has 22 heavy (non-hydrogen) atoms. The molecule has 0 saturated carbocycles. The van der Waals surface area contributed by atoms with E-state index < -0.39 is 0 Å². The van der Waals surface area contributed by atoms with Crippen LogP contribution in [0.3, 0.4) is 0 Å². The molecule has 1 aliphatic rings. The Morgan fingerprint density at radius 3 is 1.95 bits per heavy atom. The van der Waals surface area contributed by atoms with Gasteiger partial charge in [-0.05, 0) is 0 Å². The van der Waals surface area contributed by atoms with E-state index >= 15 is 0 Å².